The van der Waals surface area contributed by atoms with Crippen LogP contribution in [0.3, 0.4) is 0 Å². The second kappa shape index (κ2) is 8.68. The molecule has 1 N–H and O–H groups in total. The molecule has 2 aliphatic rings. The summed E-state index contributed by atoms with van der Waals surface area (Å²) in [4.78, 5) is 6.39. The zero-order valence-corrected chi connectivity index (χ0v) is 19.4. The molecule has 4 rings (SSSR count). The Labute approximate surface area is 191 Å². The molecule has 0 bridgehead atoms. The third-order valence-corrected chi connectivity index (χ3v) is 9.04. The molecule has 2 heterocycles. The van der Waals surface area contributed by atoms with E-state index in [0.29, 0.717) is 38.6 Å². The number of aromatic nitrogens is 2. The maximum absolute atomic E-state index is 13.2. The highest BCUT2D eigenvalue weighted by atomic mass is 32.2. The van der Waals surface area contributed by atoms with Crippen LogP contribution in [0, 0.1) is 0 Å². The van der Waals surface area contributed by atoms with Crippen molar-refractivity contribution in [2.24, 2.45) is 0 Å². The Morgan fingerprint density at radius 2 is 1.76 bits per heavy atom. The first-order valence-corrected chi connectivity index (χ1v) is 12.5. The van der Waals surface area contributed by atoms with E-state index in [9.17, 15) is 26.7 Å². The van der Waals surface area contributed by atoms with E-state index in [1.165, 1.54) is 4.31 Å². The lowest BCUT2D eigenvalue weighted by Crippen LogP contribution is -2.56. The Morgan fingerprint density at radius 1 is 1.09 bits per heavy atom. The molecule has 7 nitrogen and oxygen atoms in total. The van der Waals surface area contributed by atoms with Crippen molar-refractivity contribution < 1.29 is 26.7 Å². The van der Waals surface area contributed by atoms with Crippen molar-refractivity contribution in [3.63, 3.8) is 0 Å². The maximum Gasteiger partial charge on any atom is 0.421 e. The normalized spacial score (nSPS) is 27.5. The molecule has 1 aromatic carbocycles. The summed E-state index contributed by atoms with van der Waals surface area (Å²) in [6.45, 7) is 4.03. The highest BCUT2D eigenvalue weighted by molar-refractivity contribution is 7.89. The lowest BCUT2D eigenvalue weighted by Gasteiger charge is -2.41. The minimum atomic E-state index is -4.87. The Balaban J connectivity index is 1.43. The molecule has 1 aliphatic heterocycles. The van der Waals surface area contributed by atoms with Crippen molar-refractivity contribution in [2.75, 3.05) is 19.6 Å². The number of halogens is 3. The van der Waals surface area contributed by atoms with Gasteiger partial charge in [-0.25, -0.2) is 13.4 Å². The zero-order chi connectivity index (χ0) is 24.0. The predicted molar refractivity (Wildman–Crippen MR) is 116 cm³/mol. The Kier molecular flexibility index (Phi) is 6.36. The number of aliphatic hydroxyl groups is 1. The minimum Gasteiger partial charge on any atom is -0.376 e. The van der Waals surface area contributed by atoms with Crippen LogP contribution in [0.4, 0.5) is 13.2 Å². The van der Waals surface area contributed by atoms with E-state index in [1.54, 1.807) is 6.20 Å². The average Bonchev–Trinajstić information content (AvgIpc) is 3.44. The first kappa shape index (κ1) is 24.2. The summed E-state index contributed by atoms with van der Waals surface area (Å²) in [5.74, 6) is 0. The van der Waals surface area contributed by atoms with Crippen LogP contribution in [0.25, 0.3) is 0 Å². The lowest BCUT2D eigenvalue weighted by molar-refractivity contribution is -0.258. The molecule has 1 saturated carbocycles. The van der Waals surface area contributed by atoms with Gasteiger partial charge in [-0.15, -0.1) is 0 Å². The maximum atomic E-state index is 13.2. The molecule has 0 spiro atoms. The summed E-state index contributed by atoms with van der Waals surface area (Å²) in [6, 6.07) is 4.84. The molecule has 182 valence electrons. The SMILES string of the molecule is CC1CN([C@H]2CCC(n3ccnc3)C2)CCN1S(=O)(=O)c1ccc(C(C)(O)C(F)(F)F)cc1. The number of benzene rings is 1. The number of sulfonamides is 1. The van der Waals surface area contributed by atoms with E-state index in [1.807, 2.05) is 19.4 Å². The molecule has 11 heteroatoms. The summed E-state index contributed by atoms with van der Waals surface area (Å²) in [5.41, 5.74) is -3.45. The number of imidazole rings is 1. The fraction of sp³-hybridized carbons (Fsp3) is 0.591. The van der Waals surface area contributed by atoms with Gasteiger partial charge in [0, 0.05) is 50.2 Å². The number of nitrogens with zero attached hydrogens (tertiary/aromatic N) is 4. The topological polar surface area (TPSA) is 78.7 Å². The molecule has 1 aliphatic carbocycles. The van der Waals surface area contributed by atoms with Crippen LogP contribution in [0.1, 0.15) is 44.7 Å². The van der Waals surface area contributed by atoms with E-state index in [4.69, 9.17) is 0 Å². The summed E-state index contributed by atoms with van der Waals surface area (Å²) >= 11 is 0. The second-order valence-electron chi connectivity index (χ2n) is 9.18. The third kappa shape index (κ3) is 4.55. The van der Waals surface area contributed by atoms with Gasteiger partial charge in [0.15, 0.2) is 5.60 Å². The Morgan fingerprint density at radius 3 is 2.33 bits per heavy atom. The molecular weight excluding hydrogens is 457 g/mol. The number of hydrogen-bond acceptors (Lipinski definition) is 5. The first-order valence-electron chi connectivity index (χ1n) is 11.0. The summed E-state index contributed by atoms with van der Waals surface area (Å²) in [5, 5.41) is 9.82. The highest BCUT2D eigenvalue weighted by Crippen LogP contribution is 2.39. The van der Waals surface area contributed by atoms with E-state index in [0.717, 1.165) is 43.5 Å². The molecular formula is C22H29F3N4O3S. The van der Waals surface area contributed by atoms with Crippen molar-refractivity contribution in [2.45, 2.75) is 67.9 Å². The number of piperazine rings is 1. The highest BCUT2D eigenvalue weighted by Gasteiger charge is 2.51. The van der Waals surface area contributed by atoms with E-state index < -0.39 is 27.4 Å². The van der Waals surface area contributed by atoms with Crippen LogP contribution in [0.2, 0.25) is 0 Å². The van der Waals surface area contributed by atoms with Gasteiger partial charge < -0.3 is 9.67 Å². The fourth-order valence-corrected chi connectivity index (χ4v) is 6.54. The van der Waals surface area contributed by atoms with Gasteiger partial charge in [-0.2, -0.15) is 17.5 Å². The van der Waals surface area contributed by atoms with Crippen LogP contribution in [0.15, 0.2) is 47.9 Å². The van der Waals surface area contributed by atoms with Crippen LogP contribution >= 0.6 is 0 Å². The number of hydrogen-bond donors (Lipinski definition) is 1. The van der Waals surface area contributed by atoms with Crippen molar-refractivity contribution >= 4 is 10.0 Å². The molecule has 3 unspecified atom stereocenters. The van der Waals surface area contributed by atoms with Gasteiger partial charge in [0.2, 0.25) is 10.0 Å². The van der Waals surface area contributed by atoms with Gasteiger partial charge in [0.1, 0.15) is 0 Å². The number of rotatable bonds is 5. The quantitative estimate of drug-likeness (QED) is 0.703. The summed E-state index contributed by atoms with van der Waals surface area (Å²) < 4.78 is 69.2. The molecule has 0 amide bonds. The summed E-state index contributed by atoms with van der Waals surface area (Å²) in [6.07, 6.45) is 3.81. The van der Waals surface area contributed by atoms with E-state index >= 15 is 0 Å². The average molecular weight is 487 g/mol. The van der Waals surface area contributed by atoms with Gasteiger partial charge in [0.05, 0.1) is 11.2 Å². The van der Waals surface area contributed by atoms with Crippen LogP contribution in [-0.4, -0.2) is 70.2 Å². The van der Waals surface area contributed by atoms with Crippen molar-refractivity contribution in [3.05, 3.63) is 48.5 Å². The molecule has 2 fully saturated rings. The molecule has 2 aromatic rings. The largest absolute Gasteiger partial charge is 0.421 e. The molecule has 33 heavy (non-hydrogen) atoms. The van der Waals surface area contributed by atoms with Crippen molar-refractivity contribution in [1.29, 1.82) is 0 Å². The second-order valence-corrected chi connectivity index (χ2v) is 11.1. The van der Waals surface area contributed by atoms with Crippen molar-refractivity contribution in [1.82, 2.24) is 18.8 Å². The van der Waals surface area contributed by atoms with Gasteiger partial charge in [-0.1, -0.05) is 12.1 Å². The Hall–Kier alpha value is -1.95. The predicted octanol–water partition coefficient (Wildman–Crippen LogP) is 3.14. The van der Waals surface area contributed by atoms with Crippen molar-refractivity contribution in [3.8, 4) is 0 Å². The lowest BCUT2D eigenvalue weighted by atomic mass is 9.96. The summed E-state index contributed by atoms with van der Waals surface area (Å²) in [7, 11) is -3.87. The standard InChI is InChI=1S/C22H29F3N4O3S/c1-16-14-27(18-5-6-19(13-18)28-10-9-26-15-28)11-12-29(16)33(31,32)20-7-3-17(4-8-20)21(2,30)22(23,24)25/h3-4,7-10,15-16,18-19,30H,5-6,11-14H2,1-2H3/t16?,18-,19?,21?/m0/s1. The van der Waals surface area contributed by atoms with Crippen LogP contribution < -0.4 is 0 Å². The van der Waals surface area contributed by atoms with E-state index in [-0.39, 0.29) is 10.9 Å². The third-order valence-electron chi connectivity index (χ3n) is 7.01. The van der Waals surface area contributed by atoms with Crippen LogP contribution in [-0.2, 0) is 15.6 Å². The molecule has 0 radical (unpaired) electrons. The number of alkyl halides is 3. The van der Waals surface area contributed by atoms with Gasteiger partial charge in [-0.3, -0.25) is 4.90 Å². The van der Waals surface area contributed by atoms with Crippen LogP contribution in [0.5, 0.6) is 0 Å². The van der Waals surface area contributed by atoms with E-state index in [2.05, 4.69) is 14.5 Å². The monoisotopic (exact) mass is 486 g/mol. The molecule has 4 atom stereocenters. The fourth-order valence-electron chi connectivity index (χ4n) is 4.93. The smallest absolute Gasteiger partial charge is 0.376 e. The molecule has 1 saturated heterocycles. The van der Waals surface area contributed by atoms with Gasteiger partial charge in [0.25, 0.3) is 0 Å². The zero-order valence-electron chi connectivity index (χ0n) is 18.6. The van der Waals surface area contributed by atoms with Gasteiger partial charge >= 0.3 is 6.18 Å². The minimum absolute atomic E-state index is 0.0782. The Bertz CT molecular complexity index is 1060. The molecule has 1 aromatic heterocycles. The first-order chi connectivity index (χ1) is 15.4. The van der Waals surface area contributed by atoms with Gasteiger partial charge in [-0.05, 0) is 50.8 Å².